The van der Waals surface area contributed by atoms with Gasteiger partial charge in [-0.25, -0.2) is 0 Å². The number of carbonyl (C=O) groups is 1. The molecule has 4 nitrogen and oxygen atoms in total. The normalized spacial score (nSPS) is 20.3. The zero-order chi connectivity index (χ0) is 13.1. The first-order valence-corrected chi connectivity index (χ1v) is 6.24. The summed E-state index contributed by atoms with van der Waals surface area (Å²) in [5, 5.41) is 8.92. The predicted octanol–water partition coefficient (Wildman–Crippen LogP) is 1.42. The molecule has 1 unspecified atom stereocenters. The lowest BCUT2D eigenvalue weighted by atomic mass is 10.1. The minimum absolute atomic E-state index is 0.0306. The molecule has 1 aliphatic heterocycles. The molecule has 0 radical (unpaired) electrons. The molecule has 1 atom stereocenters. The fourth-order valence-electron chi connectivity index (χ4n) is 2.12. The standard InChI is InChI=1S/C14H19NO3/c1-10-3-4-12(9-11(10)2)15-6-8-18-13(5-7-16)14(15)17/h3-4,9,13,16H,5-8H2,1-2H3. The maximum atomic E-state index is 12.2. The molecule has 1 heterocycles. The Morgan fingerprint density at radius 3 is 2.83 bits per heavy atom. The van der Waals surface area contributed by atoms with Crippen LogP contribution in [-0.4, -0.2) is 36.9 Å². The molecule has 0 saturated carbocycles. The molecule has 0 aliphatic carbocycles. The van der Waals surface area contributed by atoms with Gasteiger partial charge in [0.25, 0.3) is 5.91 Å². The Balaban J connectivity index is 2.21. The second-order valence-corrected chi connectivity index (χ2v) is 4.63. The van der Waals surface area contributed by atoms with Crippen molar-refractivity contribution in [2.45, 2.75) is 26.4 Å². The summed E-state index contributed by atoms with van der Waals surface area (Å²) in [4.78, 5) is 13.9. The molecule has 1 aromatic carbocycles. The molecule has 1 aromatic rings. The molecule has 0 bridgehead atoms. The van der Waals surface area contributed by atoms with Crippen LogP contribution in [0.25, 0.3) is 0 Å². The lowest BCUT2D eigenvalue weighted by Crippen LogP contribution is -2.48. The summed E-state index contributed by atoms with van der Waals surface area (Å²) in [6.45, 7) is 5.15. The summed E-state index contributed by atoms with van der Waals surface area (Å²) in [5.41, 5.74) is 3.30. The van der Waals surface area contributed by atoms with Gasteiger partial charge in [-0.3, -0.25) is 4.79 Å². The van der Waals surface area contributed by atoms with Crippen LogP contribution >= 0.6 is 0 Å². The van der Waals surface area contributed by atoms with Crippen LogP contribution in [0.5, 0.6) is 0 Å². The van der Waals surface area contributed by atoms with Gasteiger partial charge in [-0.15, -0.1) is 0 Å². The van der Waals surface area contributed by atoms with Gasteiger partial charge in [-0.05, 0) is 37.1 Å². The Bertz CT molecular complexity index is 443. The third kappa shape index (κ3) is 2.54. The third-order valence-corrected chi connectivity index (χ3v) is 3.37. The van der Waals surface area contributed by atoms with E-state index in [4.69, 9.17) is 9.84 Å². The Morgan fingerprint density at radius 2 is 2.17 bits per heavy atom. The number of benzene rings is 1. The highest BCUT2D eigenvalue weighted by atomic mass is 16.5. The van der Waals surface area contributed by atoms with E-state index in [1.165, 1.54) is 11.1 Å². The van der Waals surface area contributed by atoms with Gasteiger partial charge in [0.2, 0.25) is 0 Å². The van der Waals surface area contributed by atoms with Crippen molar-refractivity contribution in [3.05, 3.63) is 29.3 Å². The van der Waals surface area contributed by atoms with Crippen molar-refractivity contribution < 1.29 is 14.6 Å². The molecule has 1 saturated heterocycles. The SMILES string of the molecule is Cc1ccc(N2CCOC(CCO)C2=O)cc1C. The number of nitrogens with zero attached hydrogens (tertiary/aromatic N) is 1. The molecule has 1 fully saturated rings. The van der Waals surface area contributed by atoms with Crippen LogP contribution in [0.2, 0.25) is 0 Å². The molecule has 98 valence electrons. The minimum atomic E-state index is -0.509. The van der Waals surface area contributed by atoms with Gasteiger partial charge in [0.05, 0.1) is 6.61 Å². The number of aliphatic hydroxyl groups is 1. The van der Waals surface area contributed by atoms with Crippen LogP contribution in [0, 0.1) is 13.8 Å². The van der Waals surface area contributed by atoms with Crippen molar-refractivity contribution in [2.24, 2.45) is 0 Å². The highest BCUT2D eigenvalue weighted by molar-refractivity contribution is 5.97. The zero-order valence-electron chi connectivity index (χ0n) is 10.8. The van der Waals surface area contributed by atoms with E-state index in [2.05, 4.69) is 6.92 Å². The van der Waals surface area contributed by atoms with Gasteiger partial charge < -0.3 is 14.7 Å². The summed E-state index contributed by atoms with van der Waals surface area (Å²) in [6.07, 6.45) is -0.148. The molecule has 4 heteroatoms. The maximum absolute atomic E-state index is 12.2. The number of anilines is 1. The predicted molar refractivity (Wildman–Crippen MR) is 69.7 cm³/mol. The second-order valence-electron chi connectivity index (χ2n) is 4.63. The van der Waals surface area contributed by atoms with E-state index in [9.17, 15) is 4.79 Å². The lowest BCUT2D eigenvalue weighted by Gasteiger charge is -2.32. The number of hydrogen-bond acceptors (Lipinski definition) is 3. The smallest absolute Gasteiger partial charge is 0.256 e. The van der Waals surface area contributed by atoms with Crippen molar-refractivity contribution in [1.82, 2.24) is 0 Å². The maximum Gasteiger partial charge on any atom is 0.256 e. The van der Waals surface area contributed by atoms with Crippen LogP contribution in [0.15, 0.2) is 18.2 Å². The number of aryl methyl sites for hydroxylation is 2. The molecule has 2 rings (SSSR count). The molecule has 1 N–H and O–H groups in total. The monoisotopic (exact) mass is 249 g/mol. The molecule has 18 heavy (non-hydrogen) atoms. The summed E-state index contributed by atoms with van der Waals surface area (Å²) in [6, 6.07) is 6.00. The fourth-order valence-corrected chi connectivity index (χ4v) is 2.12. The molecular weight excluding hydrogens is 230 g/mol. The number of aliphatic hydroxyl groups excluding tert-OH is 1. The number of ether oxygens (including phenoxy) is 1. The van der Waals surface area contributed by atoms with Gasteiger partial charge in [0.1, 0.15) is 6.10 Å². The molecular formula is C14H19NO3. The van der Waals surface area contributed by atoms with Gasteiger partial charge in [-0.2, -0.15) is 0 Å². The first-order chi connectivity index (χ1) is 8.63. The Labute approximate surface area is 107 Å². The van der Waals surface area contributed by atoms with Crippen LogP contribution in [-0.2, 0) is 9.53 Å². The van der Waals surface area contributed by atoms with Crippen LogP contribution in [0.1, 0.15) is 17.5 Å². The number of rotatable bonds is 3. The fraction of sp³-hybridized carbons (Fsp3) is 0.500. The summed E-state index contributed by atoms with van der Waals surface area (Å²) >= 11 is 0. The lowest BCUT2D eigenvalue weighted by molar-refractivity contribution is -0.134. The number of amides is 1. The van der Waals surface area contributed by atoms with Gasteiger partial charge in [-0.1, -0.05) is 6.07 Å². The average Bonchev–Trinajstić information content (AvgIpc) is 2.36. The van der Waals surface area contributed by atoms with E-state index in [-0.39, 0.29) is 12.5 Å². The molecule has 1 aliphatic rings. The third-order valence-electron chi connectivity index (χ3n) is 3.37. The van der Waals surface area contributed by atoms with Crippen molar-refractivity contribution in [3.8, 4) is 0 Å². The topological polar surface area (TPSA) is 49.8 Å². The Kier molecular flexibility index (Phi) is 3.99. The van der Waals surface area contributed by atoms with Crippen molar-refractivity contribution in [2.75, 3.05) is 24.7 Å². The number of morpholine rings is 1. The Hall–Kier alpha value is -1.39. The Morgan fingerprint density at radius 1 is 1.39 bits per heavy atom. The molecule has 0 spiro atoms. The van der Waals surface area contributed by atoms with Crippen molar-refractivity contribution in [3.63, 3.8) is 0 Å². The average molecular weight is 249 g/mol. The first kappa shape index (κ1) is 13.1. The first-order valence-electron chi connectivity index (χ1n) is 6.24. The van der Waals surface area contributed by atoms with E-state index >= 15 is 0 Å². The quantitative estimate of drug-likeness (QED) is 0.881. The number of carbonyl (C=O) groups excluding carboxylic acids is 1. The molecule has 1 amide bonds. The van der Waals surface area contributed by atoms with Crippen molar-refractivity contribution >= 4 is 11.6 Å². The van der Waals surface area contributed by atoms with Crippen LogP contribution in [0.4, 0.5) is 5.69 Å². The van der Waals surface area contributed by atoms with Gasteiger partial charge in [0.15, 0.2) is 0 Å². The van der Waals surface area contributed by atoms with E-state index in [1.807, 2.05) is 25.1 Å². The van der Waals surface area contributed by atoms with Crippen LogP contribution < -0.4 is 4.90 Å². The number of hydrogen-bond donors (Lipinski definition) is 1. The van der Waals surface area contributed by atoms with E-state index < -0.39 is 6.10 Å². The summed E-state index contributed by atoms with van der Waals surface area (Å²) in [5.74, 6) is -0.0569. The summed E-state index contributed by atoms with van der Waals surface area (Å²) < 4.78 is 5.39. The van der Waals surface area contributed by atoms with E-state index in [0.29, 0.717) is 19.6 Å². The zero-order valence-corrected chi connectivity index (χ0v) is 10.8. The second kappa shape index (κ2) is 5.50. The molecule has 0 aromatic heterocycles. The van der Waals surface area contributed by atoms with Gasteiger partial charge >= 0.3 is 0 Å². The van der Waals surface area contributed by atoms with Crippen LogP contribution in [0.3, 0.4) is 0 Å². The minimum Gasteiger partial charge on any atom is -0.396 e. The highest BCUT2D eigenvalue weighted by Gasteiger charge is 2.30. The van der Waals surface area contributed by atoms with E-state index in [1.54, 1.807) is 4.90 Å². The van der Waals surface area contributed by atoms with E-state index in [0.717, 1.165) is 5.69 Å². The highest BCUT2D eigenvalue weighted by Crippen LogP contribution is 2.22. The largest absolute Gasteiger partial charge is 0.396 e. The van der Waals surface area contributed by atoms with Gasteiger partial charge in [0, 0.05) is 25.3 Å². The summed E-state index contributed by atoms with van der Waals surface area (Å²) in [7, 11) is 0. The van der Waals surface area contributed by atoms with Crippen molar-refractivity contribution in [1.29, 1.82) is 0 Å².